The van der Waals surface area contributed by atoms with Crippen molar-refractivity contribution < 1.29 is 4.79 Å². The number of aryl methyl sites for hydroxylation is 1. The van der Waals surface area contributed by atoms with Gasteiger partial charge in [-0.25, -0.2) is 4.98 Å². The van der Waals surface area contributed by atoms with E-state index in [4.69, 9.17) is 0 Å². The number of aromatic nitrogens is 3. The second-order valence-electron chi connectivity index (χ2n) is 4.77. The van der Waals surface area contributed by atoms with Crippen molar-refractivity contribution in [2.24, 2.45) is 0 Å². The highest BCUT2D eigenvalue weighted by Gasteiger charge is 2.23. The molecule has 96 valence electrons. The van der Waals surface area contributed by atoms with Gasteiger partial charge in [-0.3, -0.25) is 19.0 Å². The molecule has 0 bridgehead atoms. The number of carbonyl (C=O) groups excluding carboxylic acids is 1. The average molecular weight is 263 g/mol. The normalized spacial score (nSPS) is 12.9. The van der Waals surface area contributed by atoms with E-state index in [0.29, 0.717) is 33.5 Å². The Morgan fingerprint density at radius 3 is 2.80 bits per heavy atom. The van der Waals surface area contributed by atoms with Crippen molar-refractivity contribution in [1.82, 2.24) is 14.4 Å². The smallest absolute Gasteiger partial charge is 0.259 e. The number of hydrogen-bond acceptors (Lipinski definition) is 4. The Balaban J connectivity index is 2.26. The number of ketones is 1. The maximum Gasteiger partial charge on any atom is 0.259 e. The first-order valence-corrected chi connectivity index (χ1v) is 6.20. The Kier molecular flexibility index (Phi) is 1.99. The molecule has 5 nitrogen and oxygen atoms in total. The van der Waals surface area contributed by atoms with Gasteiger partial charge in [0.25, 0.3) is 5.56 Å². The fourth-order valence-electron chi connectivity index (χ4n) is 2.53. The summed E-state index contributed by atoms with van der Waals surface area (Å²) in [5, 5.41) is 0.518. The van der Waals surface area contributed by atoms with Crippen LogP contribution in [0.3, 0.4) is 0 Å². The van der Waals surface area contributed by atoms with E-state index in [1.54, 1.807) is 37.4 Å². The van der Waals surface area contributed by atoms with E-state index >= 15 is 0 Å². The molecule has 0 aliphatic heterocycles. The molecule has 0 fully saturated rings. The lowest BCUT2D eigenvalue weighted by molar-refractivity contribution is 0.106. The van der Waals surface area contributed by atoms with Crippen LogP contribution in [0.2, 0.25) is 0 Å². The second-order valence-corrected chi connectivity index (χ2v) is 4.77. The molecule has 0 saturated carbocycles. The summed E-state index contributed by atoms with van der Waals surface area (Å²) < 4.78 is 1.47. The zero-order valence-corrected chi connectivity index (χ0v) is 10.6. The molecule has 0 unspecified atom stereocenters. The van der Waals surface area contributed by atoms with Crippen LogP contribution < -0.4 is 10.9 Å². The van der Waals surface area contributed by atoms with Gasteiger partial charge in [-0.1, -0.05) is 6.07 Å². The summed E-state index contributed by atoms with van der Waals surface area (Å²) in [7, 11) is 0. The second kappa shape index (κ2) is 3.60. The minimum absolute atomic E-state index is 0.150. The molecule has 5 heteroatoms. The first-order valence-electron chi connectivity index (χ1n) is 6.20. The van der Waals surface area contributed by atoms with Crippen molar-refractivity contribution in [2.45, 2.75) is 6.92 Å². The van der Waals surface area contributed by atoms with Crippen molar-refractivity contribution >= 4 is 17.5 Å². The number of imidazole rings is 1. The molecule has 0 atom stereocenters. The standard InChI is InChI=1S/C15H9N3O2/c1-8-4-5-12-17-14-10(18(12)15(8)20)7-11(19)9-3-2-6-16-13(9)14/h2-7H,1H3. The quantitative estimate of drug-likeness (QED) is 0.600. The Labute approximate surface area is 113 Å². The van der Waals surface area contributed by atoms with Gasteiger partial charge in [-0.05, 0) is 25.1 Å². The van der Waals surface area contributed by atoms with E-state index < -0.39 is 0 Å². The maximum absolute atomic E-state index is 12.3. The summed E-state index contributed by atoms with van der Waals surface area (Å²) in [5.41, 5.74) is 2.64. The lowest BCUT2D eigenvalue weighted by Crippen LogP contribution is -2.28. The molecule has 3 aromatic rings. The minimum Gasteiger partial charge on any atom is -0.289 e. The van der Waals surface area contributed by atoms with Gasteiger partial charge in [-0.15, -0.1) is 0 Å². The first kappa shape index (κ1) is 11.0. The Hall–Kier alpha value is -2.82. The largest absolute Gasteiger partial charge is 0.289 e. The number of pyridine rings is 2. The SMILES string of the molecule is Cc1ccc2nc3c(n2c1=O)=CC(=O)c1cccnc1-3. The van der Waals surface area contributed by atoms with Crippen molar-refractivity contribution in [3.05, 3.63) is 57.3 Å². The van der Waals surface area contributed by atoms with Gasteiger partial charge in [0.15, 0.2) is 5.78 Å². The van der Waals surface area contributed by atoms with Crippen LogP contribution in [0.4, 0.5) is 0 Å². The van der Waals surface area contributed by atoms with Crippen LogP contribution in [0.5, 0.6) is 0 Å². The highest BCUT2D eigenvalue weighted by atomic mass is 16.1. The number of carbonyl (C=O) groups is 1. The molecular weight excluding hydrogens is 254 g/mol. The van der Waals surface area contributed by atoms with Crippen LogP contribution in [-0.2, 0) is 0 Å². The van der Waals surface area contributed by atoms with Gasteiger partial charge in [0.05, 0.1) is 5.35 Å². The molecule has 0 saturated heterocycles. The molecule has 0 aromatic carbocycles. The highest BCUT2D eigenvalue weighted by molar-refractivity contribution is 6.21. The zero-order chi connectivity index (χ0) is 13.9. The van der Waals surface area contributed by atoms with Crippen molar-refractivity contribution in [1.29, 1.82) is 0 Å². The van der Waals surface area contributed by atoms with E-state index in [1.165, 1.54) is 10.5 Å². The van der Waals surface area contributed by atoms with Gasteiger partial charge in [-0.2, -0.15) is 0 Å². The molecule has 0 N–H and O–H groups in total. The Morgan fingerprint density at radius 1 is 1.10 bits per heavy atom. The molecule has 3 heterocycles. The fraction of sp³-hybridized carbons (Fsp3) is 0.0667. The predicted octanol–water partition coefficient (Wildman–Crippen LogP) is 0.761. The first-order chi connectivity index (χ1) is 9.66. The summed E-state index contributed by atoms with van der Waals surface area (Å²) in [5.74, 6) is -0.150. The molecule has 0 radical (unpaired) electrons. The van der Waals surface area contributed by atoms with E-state index in [0.717, 1.165) is 0 Å². The summed E-state index contributed by atoms with van der Waals surface area (Å²) in [6.45, 7) is 1.74. The van der Waals surface area contributed by atoms with E-state index in [9.17, 15) is 9.59 Å². The van der Waals surface area contributed by atoms with Crippen LogP contribution in [-0.4, -0.2) is 20.2 Å². The molecule has 3 aromatic heterocycles. The van der Waals surface area contributed by atoms with Crippen LogP contribution >= 0.6 is 0 Å². The molecule has 0 amide bonds. The van der Waals surface area contributed by atoms with Crippen LogP contribution in [0.15, 0.2) is 35.3 Å². The van der Waals surface area contributed by atoms with Crippen LogP contribution in [0.1, 0.15) is 15.9 Å². The highest BCUT2D eigenvalue weighted by Crippen LogP contribution is 2.21. The summed E-state index contributed by atoms with van der Waals surface area (Å²) >= 11 is 0. The molecular formula is C15H9N3O2. The average Bonchev–Trinajstić information content (AvgIpc) is 2.83. The molecule has 20 heavy (non-hydrogen) atoms. The Morgan fingerprint density at radius 2 is 1.95 bits per heavy atom. The third-order valence-corrected chi connectivity index (χ3v) is 3.53. The summed E-state index contributed by atoms with van der Waals surface area (Å²) in [4.78, 5) is 33.1. The van der Waals surface area contributed by atoms with E-state index in [-0.39, 0.29) is 11.3 Å². The van der Waals surface area contributed by atoms with Crippen LogP contribution in [0.25, 0.3) is 23.1 Å². The lowest BCUT2D eigenvalue weighted by Gasteiger charge is -2.07. The Bertz CT molecular complexity index is 1000. The molecule has 0 spiro atoms. The topological polar surface area (TPSA) is 64.3 Å². The molecule has 1 aliphatic carbocycles. The minimum atomic E-state index is -0.153. The number of Topliss-reactive ketones (excluding diaryl/α,β-unsaturated/α-hetero) is 1. The zero-order valence-electron chi connectivity index (χ0n) is 10.6. The van der Waals surface area contributed by atoms with E-state index in [2.05, 4.69) is 9.97 Å². The number of hydrogen-bond donors (Lipinski definition) is 0. The number of nitrogens with zero attached hydrogens (tertiary/aromatic N) is 3. The van der Waals surface area contributed by atoms with E-state index in [1.807, 2.05) is 0 Å². The van der Waals surface area contributed by atoms with Gasteiger partial charge >= 0.3 is 0 Å². The van der Waals surface area contributed by atoms with Crippen molar-refractivity contribution in [3.8, 4) is 11.4 Å². The molecule has 4 rings (SSSR count). The monoisotopic (exact) mass is 263 g/mol. The summed E-state index contributed by atoms with van der Waals surface area (Å²) in [6.07, 6.45) is 3.08. The number of rotatable bonds is 0. The van der Waals surface area contributed by atoms with Gasteiger partial charge in [0.2, 0.25) is 0 Å². The van der Waals surface area contributed by atoms with Crippen molar-refractivity contribution in [3.63, 3.8) is 0 Å². The van der Waals surface area contributed by atoms with Gasteiger partial charge in [0, 0.05) is 23.4 Å². The number of fused-ring (bicyclic) bond motifs is 5. The van der Waals surface area contributed by atoms with Crippen molar-refractivity contribution in [2.75, 3.05) is 0 Å². The van der Waals surface area contributed by atoms with Gasteiger partial charge < -0.3 is 0 Å². The van der Waals surface area contributed by atoms with Crippen LogP contribution in [0, 0.1) is 6.92 Å². The molecule has 1 aliphatic rings. The lowest BCUT2D eigenvalue weighted by atomic mass is 10.0. The predicted molar refractivity (Wildman–Crippen MR) is 73.4 cm³/mol. The summed E-state index contributed by atoms with van der Waals surface area (Å²) in [6, 6.07) is 6.94. The fourth-order valence-corrected chi connectivity index (χ4v) is 2.53. The van der Waals surface area contributed by atoms with Gasteiger partial charge in [0.1, 0.15) is 17.0 Å². The third-order valence-electron chi connectivity index (χ3n) is 3.53. The third kappa shape index (κ3) is 1.26. The maximum atomic E-state index is 12.3.